The molecule has 0 fully saturated rings. The van der Waals surface area contributed by atoms with E-state index in [4.69, 9.17) is 4.74 Å². The van der Waals surface area contributed by atoms with Crippen LogP contribution in [0.15, 0.2) is 103 Å². The number of hydrogen-bond acceptors (Lipinski definition) is 3. The molecule has 0 spiro atoms. The van der Waals surface area contributed by atoms with Crippen molar-refractivity contribution in [2.45, 2.75) is 19.9 Å². The van der Waals surface area contributed by atoms with Crippen LogP contribution in [-0.2, 0) is 17.8 Å². The van der Waals surface area contributed by atoms with E-state index in [1.54, 1.807) is 36.3 Å². The van der Waals surface area contributed by atoms with Gasteiger partial charge in [-0.1, -0.05) is 60.2 Å². The van der Waals surface area contributed by atoms with E-state index in [1.165, 1.54) is 0 Å². The summed E-state index contributed by atoms with van der Waals surface area (Å²) in [5, 5.41) is 2.90. The maximum Gasteiger partial charge on any atom is 0.258 e. The molecule has 0 heterocycles. The summed E-state index contributed by atoms with van der Waals surface area (Å²) in [7, 11) is 1.60. The molecule has 0 atom stereocenters. The van der Waals surface area contributed by atoms with E-state index in [9.17, 15) is 9.59 Å². The number of carbonyl (C=O) groups is 2. The Morgan fingerprint density at radius 2 is 1.51 bits per heavy atom. The second-order valence-electron chi connectivity index (χ2n) is 8.37. The summed E-state index contributed by atoms with van der Waals surface area (Å²) in [4.78, 5) is 27.7. The Bertz CT molecular complexity index is 1280. The van der Waals surface area contributed by atoms with E-state index < -0.39 is 0 Å². The molecule has 0 radical (unpaired) electrons. The molecule has 0 aromatic heterocycles. The number of carbonyl (C=O) groups excluding carboxylic acids is 2. The van der Waals surface area contributed by atoms with Gasteiger partial charge in [0.25, 0.3) is 5.91 Å². The van der Waals surface area contributed by atoms with Crippen molar-refractivity contribution in [1.29, 1.82) is 0 Å². The number of hydrogen-bond donors (Lipinski definition) is 1. The molecule has 0 saturated carbocycles. The zero-order valence-corrected chi connectivity index (χ0v) is 19.9. The third-order valence-corrected chi connectivity index (χ3v) is 5.68. The number of amides is 2. The normalized spacial score (nSPS) is 10.5. The standard InChI is InChI=1S/C30H28N2O3/c1-22-7-6-8-24(19-22)21-32(30(34)25-9-4-3-5-10-25)27-15-11-23(12-16-27)20-29(33)31-26-13-17-28(35-2)18-14-26/h3-19H,20-21H2,1-2H3,(H,31,33). The highest BCUT2D eigenvalue weighted by Crippen LogP contribution is 2.22. The Hall–Kier alpha value is -4.38. The zero-order valence-electron chi connectivity index (χ0n) is 19.9. The van der Waals surface area contributed by atoms with Crippen molar-refractivity contribution in [2.75, 3.05) is 17.3 Å². The largest absolute Gasteiger partial charge is 0.497 e. The van der Waals surface area contributed by atoms with Gasteiger partial charge < -0.3 is 15.0 Å². The monoisotopic (exact) mass is 464 g/mol. The predicted molar refractivity (Wildman–Crippen MR) is 140 cm³/mol. The fourth-order valence-corrected chi connectivity index (χ4v) is 3.87. The van der Waals surface area contributed by atoms with E-state index in [-0.39, 0.29) is 18.2 Å². The molecule has 2 amide bonds. The van der Waals surface area contributed by atoms with Gasteiger partial charge in [-0.05, 0) is 66.6 Å². The van der Waals surface area contributed by atoms with Crippen LogP contribution in [0.5, 0.6) is 5.75 Å². The summed E-state index contributed by atoms with van der Waals surface area (Å²) in [6.45, 7) is 2.49. The Morgan fingerprint density at radius 1 is 0.800 bits per heavy atom. The molecule has 1 N–H and O–H groups in total. The van der Waals surface area contributed by atoms with Crippen molar-refractivity contribution in [1.82, 2.24) is 0 Å². The third-order valence-electron chi connectivity index (χ3n) is 5.68. The molecule has 0 aliphatic heterocycles. The van der Waals surface area contributed by atoms with Gasteiger partial charge in [0.15, 0.2) is 0 Å². The highest BCUT2D eigenvalue weighted by molar-refractivity contribution is 6.06. The first-order chi connectivity index (χ1) is 17.0. The average molecular weight is 465 g/mol. The smallest absolute Gasteiger partial charge is 0.258 e. The topological polar surface area (TPSA) is 58.6 Å². The summed E-state index contributed by atoms with van der Waals surface area (Å²) in [5.74, 6) is 0.552. The first kappa shape index (κ1) is 23.8. The van der Waals surface area contributed by atoms with Crippen LogP contribution in [0.4, 0.5) is 11.4 Å². The van der Waals surface area contributed by atoms with E-state index in [2.05, 4.69) is 11.4 Å². The number of methoxy groups -OCH3 is 1. The van der Waals surface area contributed by atoms with Crippen molar-refractivity contribution in [3.05, 3.63) is 125 Å². The molecule has 0 saturated heterocycles. The highest BCUT2D eigenvalue weighted by Gasteiger charge is 2.18. The van der Waals surface area contributed by atoms with Crippen molar-refractivity contribution in [3.8, 4) is 5.75 Å². The van der Waals surface area contributed by atoms with Crippen LogP contribution in [0.3, 0.4) is 0 Å². The molecule has 0 bridgehead atoms. The Balaban J connectivity index is 1.50. The minimum Gasteiger partial charge on any atom is -0.497 e. The van der Waals surface area contributed by atoms with E-state index >= 15 is 0 Å². The van der Waals surface area contributed by atoms with Gasteiger partial charge >= 0.3 is 0 Å². The van der Waals surface area contributed by atoms with Gasteiger partial charge in [0.05, 0.1) is 20.1 Å². The first-order valence-electron chi connectivity index (χ1n) is 11.5. The van der Waals surface area contributed by atoms with Crippen molar-refractivity contribution in [2.24, 2.45) is 0 Å². The zero-order chi connectivity index (χ0) is 24.6. The van der Waals surface area contributed by atoms with Gasteiger partial charge in [-0.25, -0.2) is 0 Å². The maximum absolute atomic E-state index is 13.4. The molecule has 4 rings (SSSR count). The Labute approximate surface area is 206 Å². The lowest BCUT2D eigenvalue weighted by Crippen LogP contribution is -2.30. The molecule has 4 aromatic carbocycles. The van der Waals surface area contributed by atoms with Gasteiger partial charge in [0.2, 0.25) is 5.91 Å². The first-order valence-corrected chi connectivity index (χ1v) is 11.5. The lowest BCUT2D eigenvalue weighted by Gasteiger charge is -2.24. The number of ether oxygens (including phenoxy) is 1. The van der Waals surface area contributed by atoms with Crippen LogP contribution < -0.4 is 15.0 Å². The lowest BCUT2D eigenvalue weighted by molar-refractivity contribution is -0.115. The van der Waals surface area contributed by atoms with Crippen LogP contribution in [0.2, 0.25) is 0 Å². The van der Waals surface area contributed by atoms with Crippen LogP contribution in [0.1, 0.15) is 27.0 Å². The van der Waals surface area contributed by atoms with Gasteiger partial charge in [0.1, 0.15) is 5.75 Å². The summed E-state index contributed by atoms with van der Waals surface area (Å²) < 4.78 is 5.15. The van der Waals surface area contributed by atoms with Gasteiger partial charge in [-0.15, -0.1) is 0 Å². The number of anilines is 2. The minimum absolute atomic E-state index is 0.0721. The molecule has 0 unspecified atom stereocenters. The lowest BCUT2D eigenvalue weighted by atomic mass is 10.1. The average Bonchev–Trinajstić information content (AvgIpc) is 2.88. The molecule has 4 aromatic rings. The molecule has 176 valence electrons. The second kappa shape index (κ2) is 11.2. The molecule has 5 heteroatoms. The predicted octanol–water partition coefficient (Wildman–Crippen LogP) is 6.03. The number of rotatable bonds is 8. The molecule has 0 aliphatic carbocycles. The number of nitrogens with one attached hydrogen (secondary N) is 1. The minimum atomic E-state index is -0.111. The van der Waals surface area contributed by atoms with E-state index in [0.717, 1.165) is 28.1 Å². The summed E-state index contributed by atoms with van der Waals surface area (Å²) in [6.07, 6.45) is 0.233. The Morgan fingerprint density at radius 3 is 2.17 bits per heavy atom. The van der Waals surface area contributed by atoms with Gasteiger partial charge in [-0.3, -0.25) is 9.59 Å². The number of aryl methyl sites for hydroxylation is 1. The summed E-state index contributed by atoms with van der Waals surface area (Å²) >= 11 is 0. The van der Waals surface area contributed by atoms with Gasteiger partial charge in [0, 0.05) is 16.9 Å². The molecular formula is C30H28N2O3. The van der Waals surface area contributed by atoms with Crippen LogP contribution in [0, 0.1) is 6.92 Å². The van der Waals surface area contributed by atoms with Gasteiger partial charge in [-0.2, -0.15) is 0 Å². The fourth-order valence-electron chi connectivity index (χ4n) is 3.87. The quantitative estimate of drug-likeness (QED) is 0.346. The van der Waals surface area contributed by atoms with E-state index in [0.29, 0.717) is 17.8 Å². The molecule has 35 heavy (non-hydrogen) atoms. The fraction of sp³-hybridized carbons (Fsp3) is 0.133. The summed E-state index contributed by atoms with van der Waals surface area (Å²) in [5.41, 5.74) is 5.18. The van der Waals surface area contributed by atoms with E-state index in [1.807, 2.05) is 79.7 Å². The SMILES string of the molecule is COc1ccc(NC(=O)Cc2ccc(N(Cc3cccc(C)c3)C(=O)c3ccccc3)cc2)cc1. The van der Waals surface area contributed by atoms with Crippen LogP contribution in [-0.4, -0.2) is 18.9 Å². The van der Waals surface area contributed by atoms with Crippen molar-refractivity contribution in [3.63, 3.8) is 0 Å². The highest BCUT2D eigenvalue weighted by atomic mass is 16.5. The number of benzene rings is 4. The molecule has 5 nitrogen and oxygen atoms in total. The molecule has 0 aliphatic rings. The third kappa shape index (κ3) is 6.36. The second-order valence-corrected chi connectivity index (χ2v) is 8.37. The van der Waals surface area contributed by atoms with Crippen LogP contribution >= 0.6 is 0 Å². The molecular weight excluding hydrogens is 436 g/mol. The summed E-state index contributed by atoms with van der Waals surface area (Å²) in [6, 6.07) is 32.2. The number of nitrogens with zero attached hydrogens (tertiary/aromatic N) is 1. The van der Waals surface area contributed by atoms with Crippen molar-refractivity contribution >= 4 is 23.2 Å². The Kier molecular flexibility index (Phi) is 7.58. The van der Waals surface area contributed by atoms with Crippen LogP contribution in [0.25, 0.3) is 0 Å². The maximum atomic E-state index is 13.4. The van der Waals surface area contributed by atoms with Crippen molar-refractivity contribution < 1.29 is 14.3 Å².